The van der Waals surface area contributed by atoms with Crippen molar-refractivity contribution in [1.29, 1.82) is 0 Å². The molecule has 0 spiro atoms. The van der Waals surface area contributed by atoms with Gasteiger partial charge in [-0.25, -0.2) is 4.98 Å². The van der Waals surface area contributed by atoms with E-state index in [0.717, 1.165) is 61.1 Å². The summed E-state index contributed by atoms with van der Waals surface area (Å²) in [6.07, 6.45) is 1.90. The van der Waals surface area contributed by atoms with Crippen LogP contribution in [0.2, 0.25) is 0 Å². The number of hydrogen-bond acceptors (Lipinski definition) is 2. The Morgan fingerprint density at radius 3 is 1.91 bits per heavy atom. The van der Waals surface area contributed by atoms with Gasteiger partial charge in [-0.15, -0.1) is 35.9 Å². The van der Waals surface area contributed by atoms with Crippen molar-refractivity contribution in [2.75, 3.05) is 0 Å². The second kappa shape index (κ2) is 10.3. The molecule has 0 atom stereocenters. The first-order valence-corrected chi connectivity index (χ1v) is 14.3. The van der Waals surface area contributed by atoms with Crippen LogP contribution in [0.3, 0.4) is 0 Å². The molecule has 0 saturated heterocycles. The van der Waals surface area contributed by atoms with Gasteiger partial charge in [0.05, 0.1) is 11.0 Å². The van der Waals surface area contributed by atoms with E-state index in [0.29, 0.717) is 0 Å². The maximum atomic E-state index is 5.42. The SMILES string of the molecule is CC(C)(C)c1ccnc(-c2[c-]c(-n3c4ccccc4c4cc5c6ccccc6n(-c6[c-]cccc6)c5nc43)ccc2)c1.[Pt+2]. The van der Waals surface area contributed by atoms with Crippen LogP contribution in [-0.2, 0) is 26.5 Å². The first kappa shape index (κ1) is 27.3. The molecule has 0 saturated carbocycles. The molecule has 8 aromatic rings. The van der Waals surface area contributed by atoms with Crippen LogP contribution in [0, 0.1) is 12.1 Å². The molecule has 0 aliphatic carbocycles. The summed E-state index contributed by atoms with van der Waals surface area (Å²) in [5.41, 5.74) is 9.07. The van der Waals surface area contributed by atoms with Crippen molar-refractivity contribution in [3.8, 4) is 22.6 Å². The summed E-state index contributed by atoms with van der Waals surface area (Å²) in [5, 5.41) is 4.58. The second-order valence-corrected chi connectivity index (χ2v) is 11.8. The minimum atomic E-state index is 0. The molecule has 0 amide bonds. The Hall–Kier alpha value is -4.53. The van der Waals surface area contributed by atoms with Crippen LogP contribution in [0.4, 0.5) is 0 Å². The van der Waals surface area contributed by atoms with Gasteiger partial charge >= 0.3 is 21.1 Å². The molecule has 4 nitrogen and oxygen atoms in total. The van der Waals surface area contributed by atoms with Crippen LogP contribution in [0.5, 0.6) is 0 Å². The first-order chi connectivity index (χ1) is 20.5. The van der Waals surface area contributed by atoms with E-state index >= 15 is 0 Å². The van der Waals surface area contributed by atoms with Crippen LogP contribution in [0.1, 0.15) is 26.3 Å². The van der Waals surface area contributed by atoms with Crippen LogP contribution < -0.4 is 0 Å². The minimum absolute atomic E-state index is 0. The average Bonchev–Trinajstić information content (AvgIpc) is 3.52. The predicted octanol–water partition coefficient (Wildman–Crippen LogP) is 9.23. The first-order valence-electron chi connectivity index (χ1n) is 14.3. The molecule has 210 valence electrons. The number of fused-ring (bicyclic) bond motifs is 6. The summed E-state index contributed by atoms with van der Waals surface area (Å²) in [4.78, 5) is 10.1. The fourth-order valence-corrected chi connectivity index (χ4v) is 6.04. The molecule has 0 N–H and O–H groups in total. The van der Waals surface area contributed by atoms with E-state index in [2.05, 4.69) is 133 Å². The van der Waals surface area contributed by atoms with E-state index in [1.54, 1.807) is 0 Å². The molecular formula is C38H28N4Pt. The van der Waals surface area contributed by atoms with E-state index in [1.807, 2.05) is 24.4 Å². The zero-order chi connectivity index (χ0) is 28.4. The van der Waals surface area contributed by atoms with Crippen molar-refractivity contribution in [2.24, 2.45) is 0 Å². The van der Waals surface area contributed by atoms with Gasteiger partial charge in [0.1, 0.15) is 11.3 Å². The monoisotopic (exact) mass is 735 g/mol. The molecule has 4 aromatic heterocycles. The molecule has 0 radical (unpaired) electrons. The standard InChI is InChI=1S/C38H28N4.Pt/c1-38(2,3)26-20-21-39-33(23-26)25-12-11-15-28(22-25)42-35-19-10-8-17-30(35)32-24-31-29-16-7-9-18-34(29)41(36(31)40-37(32)42)27-13-5-4-6-14-27;/h4-13,15-21,23-24H,1-3H3;/q-2;+2. The Morgan fingerprint density at radius 2 is 1.26 bits per heavy atom. The van der Waals surface area contributed by atoms with Gasteiger partial charge in [-0.3, -0.25) is 0 Å². The predicted molar refractivity (Wildman–Crippen MR) is 173 cm³/mol. The Balaban J connectivity index is 0.00000300. The molecule has 0 bridgehead atoms. The van der Waals surface area contributed by atoms with Crippen molar-refractivity contribution in [3.63, 3.8) is 0 Å². The van der Waals surface area contributed by atoms with Crippen molar-refractivity contribution < 1.29 is 21.1 Å². The number of pyridine rings is 2. The Bertz CT molecular complexity index is 2290. The van der Waals surface area contributed by atoms with E-state index in [4.69, 9.17) is 9.97 Å². The normalized spacial score (nSPS) is 11.9. The fourth-order valence-electron chi connectivity index (χ4n) is 6.04. The number of nitrogens with zero attached hydrogens (tertiary/aromatic N) is 4. The van der Waals surface area contributed by atoms with Crippen molar-refractivity contribution in [2.45, 2.75) is 26.2 Å². The summed E-state index contributed by atoms with van der Waals surface area (Å²) in [7, 11) is 0. The van der Waals surface area contributed by atoms with Crippen LogP contribution in [0.25, 0.3) is 66.5 Å². The second-order valence-electron chi connectivity index (χ2n) is 11.8. The van der Waals surface area contributed by atoms with Crippen LogP contribution in [-0.4, -0.2) is 19.1 Å². The quantitative estimate of drug-likeness (QED) is 0.170. The molecule has 8 rings (SSSR count). The van der Waals surface area contributed by atoms with Crippen molar-refractivity contribution in [3.05, 3.63) is 133 Å². The zero-order valence-electron chi connectivity index (χ0n) is 24.1. The molecule has 0 aliphatic heterocycles. The van der Waals surface area contributed by atoms with Crippen LogP contribution >= 0.6 is 0 Å². The van der Waals surface area contributed by atoms with Gasteiger partial charge in [0.15, 0.2) is 0 Å². The smallest absolute Gasteiger partial charge is 0.318 e. The number of hydrogen-bond donors (Lipinski definition) is 0. The van der Waals surface area contributed by atoms with Gasteiger partial charge in [-0.1, -0.05) is 68.9 Å². The molecule has 5 heteroatoms. The van der Waals surface area contributed by atoms with Crippen LogP contribution in [0.15, 0.2) is 115 Å². The number of benzene rings is 4. The van der Waals surface area contributed by atoms with E-state index in [1.165, 1.54) is 10.9 Å². The fraction of sp³-hybridized carbons (Fsp3) is 0.105. The minimum Gasteiger partial charge on any atom is -0.318 e. The topological polar surface area (TPSA) is 35.6 Å². The molecule has 0 unspecified atom stereocenters. The third-order valence-corrected chi connectivity index (χ3v) is 8.13. The summed E-state index contributed by atoms with van der Waals surface area (Å²) in [6.45, 7) is 6.68. The molecular weight excluding hydrogens is 708 g/mol. The third kappa shape index (κ3) is 4.40. The molecule has 4 heterocycles. The summed E-state index contributed by atoms with van der Waals surface area (Å²) < 4.78 is 4.45. The molecule has 0 fully saturated rings. The molecule has 0 aliphatic rings. The van der Waals surface area contributed by atoms with Gasteiger partial charge in [-0.05, 0) is 46.6 Å². The number of aromatic nitrogens is 4. The van der Waals surface area contributed by atoms with Gasteiger partial charge in [0.25, 0.3) is 0 Å². The maximum absolute atomic E-state index is 5.42. The van der Waals surface area contributed by atoms with Crippen molar-refractivity contribution in [1.82, 2.24) is 19.1 Å². The van der Waals surface area contributed by atoms with Gasteiger partial charge in [-0.2, -0.15) is 24.3 Å². The van der Waals surface area contributed by atoms with Gasteiger partial charge in [0, 0.05) is 27.7 Å². The zero-order valence-corrected chi connectivity index (χ0v) is 26.3. The summed E-state index contributed by atoms with van der Waals surface area (Å²) in [5.74, 6) is 0. The Labute approximate surface area is 264 Å². The number of rotatable bonds is 3. The van der Waals surface area contributed by atoms with E-state index < -0.39 is 0 Å². The van der Waals surface area contributed by atoms with Gasteiger partial charge in [0.2, 0.25) is 0 Å². The molecule has 4 aromatic carbocycles. The Morgan fingerprint density at radius 1 is 0.628 bits per heavy atom. The van der Waals surface area contributed by atoms with E-state index in [-0.39, 0.29) is 26.5 Å². The van der Waals surface area contributed by atoms with E-state index in [9.17, 15) is 0 Å². The molecule has 43 heavy (non-hydrogen) atoms. The van der Waals surface area contributed by atoms with Crippen molar-refractivity contribution >= 4 is 43.9 Å². The average molecular weight is 736 g/mol. The number of para-hydroxylation sites is 3. The Kier molecular flexibility index (Phi) is 6.56. The summed E-state index contributed by atoms with van der Waals surface area (Å²) in [6, 6.07) is 45.1. The largest absolute Gasteiger partial charge is 2.00 e. The maximum Gasteiger partial charge on any atom is 2.00 e. The van der Waals surface area contributed by atoms with Gasteiger partial charge < -0.3 is 14.1 Å². The summed E-state index contributed by atoms with van der Waals surface area (Å²) >= 11 is 0. The third-order valence-electron chi connectivity index (χ3n) is 8.13.